The number of allylic oxidation sites excluding steroid dienone is 1. The third-order valence-corrected chi connectivity index (χ3v) is 2.71. The highest BCUT2D eigenvalue weighted by molar-refractivity contribution is 5.76. The fourth-order valence-electron chi connectivity index (χ4n) is 1.77. The van der Waals surface area contributed by atoms with Crippen molar-refractivity contribution in [3.63, 3.8) is 0 Å². The maximum Gasteiger partial charge on any atom is 0.220 e. The molecule has 2 nitrogen and oxygen atoms in total. The number of aryl methyl sites for hydroxylation is 1. The summed E-state index contributed by atoms with van der Waals surface area (Å²) in [6, 6.07) is 10.3. The zero-order chi connectivity index (χ0) is 11.8. The van der Waals surface area contributed by atoms with Gasteiger partial charge in [-0.15, -0.1) is 6.58 Å². The van der Waals surface area contributed by atoms with Gasteiger partial charge in [-0.3, -0.25) is 4.79 Å². The molecule has 0 aliphatic heterocycles. The largest absolute Gasteiger partial charge is 0.369 e. The number of hydrogen-bond acceptors (Lipinski definition) is 1. The van der Waals surface area contributed by atoms with Gasteiger partial charge in [-0.05, 0) is 31.2 Å². The second-order valence-electron chi connectivity index (χ2n) is 4.00. The zero-order valence-corrected chi connectivity index (χ0v) is 9.56. The highest BCUT2D eigenvalue weighted by Crippen LogP contribution is 2.14. The standard InChI is InChI=1S/C14H19NO/c1-2-7-13(14(15)16)11-6-10-12-8-4-3-5-9-12/h2-5,8-9,13H,1,6-7,10-11H2,(H2,15,16)/t13-/m0/s1. The van der Waals surface area contributed by atoms with Crippen molar-refractivity contribution in [1.82, 2.24) is 0 Å². The van der Waals surface area contributed by atoms with Gasteiger partial charge < -0.3 is 5.73 Å². The van der Waals surface area contributed by atoms with Gasteiger partial charge in [0.1, 0.15) is 0 Å². The van der Waals surface area contributed by atoms with E-state index in [9.17, 15) is 4.79 Å². The lowest BCUT2D eigenvalue weighted by molar-refractivity contribution is -0.121. The predicted molar refractivity (Wildman–Crippen MR) is 66.9 cm³/mol. The van der Waals surface area contributed by atoms with Crippen LogP contribution in [0.2, 0.25) is 0 Å². The Bertz CT molecular complexity index is 332. The third-order valence-electron chi connectivity index (χ3n) is 2.71. The summed E-state index contributed by atoms with van der Waals surface area (Å²) in [5, 5.41) is 0. The molecule has 0 fully saturated rings. The molecule has 2 heteroatoms. The number of amides is 1. The van der Waals surface area contributed by atoms with Gasteiger partial charge >= 0.3 is 0 Å². The monoisotopic (exact) mass is 217 g/mol. The predicted octanol–water partition coefficient (Wildman–Crippen LogP) is 2.69. The quantitative estimate of drug-likeness (QED) is 0.701. The molecule has 0 saturated heterocycles. The van der Waals surface area contributed by atoms with E-state index in [4.69, 9.17) is 5.73 Å². The molecule has 0 spiro atoms. The van der Waals surface area contributed by atoms with Crippen LogP contribution in [0.25, 0.3) is 0 Å². The van der Waals surface area contributed by atoms with Crippen molar-refractivity contribution < 1.29 is 4.79 Å². The Morgan fingerprint density at radius 2 is 2.06 bits per heavy atom. The summed E-state index contributed by atoms with van der Waals surface area (Å²) in [5.74, 6) is -0.269. The molecule has 2 N–H and O–H groups in total. The summed E-state index contributed by atoms with van der Waals surface area (Å²) in [7, 11) is 0. The molecular formula is C14H19NO. The van der Waals surface area contributed by atoms with Crippen LogP contribution in [0.3, 0.4) is 0 Å². The van der Waals surface area contributed by atoms with Crippen molar-refractivity contribution in [2.24, 2.45) is 11.7 Å². The van der Waals surface area contributed by atoms with Crippen LogP contribution in [0.15, 0.2) is 43.0 Å². The summed E-state index contributed by atoms with van der Waals surface area (Å²) in [6.45, 7) is 3.64. The zero-order valence-electron chi connectivity index (χ0n) is 9.56. The molecular weight excluding hydrogens is 198 g/mol. The number of hydrogen-bond donors (Lipinski definition) is 1. The molecule has 86 valence electrons. The van der Waals surface area contributed by atoms with Crippen LogP contribution in [-0.2, 0) is 11.2 Å². The third kappa shape index (κ3) is 4.30. The molecule has 0 aliphatic carbocycles. The second kappa shape index (κ2) is 6.83. The first-order valence-electron chi connectivity index (χ1n) is 5.68. The van der Waals surface area contributed by atoms with Crippen molar-refractivity contribution in [3.05, 3.63) is 48.6 Å². The molecule has 0 bridgehead atoms. The van der Waals surface area contributed by atoms with Crippen molar-refractivity contribution in [2.75, 3.05) is 0 Å². The van der Waals surface area contributed by atoms with E-state index in [0.717, 1.165) is 19.3 Å². The van der Waals surface area contributed by atoms with Gasteiger partial charge in [0, 0.05) is 5.92 Å². The Hall–Kier alpha value is -1.57. The molecule has 0 aliphatic rings. The van der Waals surface area contributed by atoms with Gasteiger partial charge in [0.05, 0.1) is 0 Å². The minimum Gasteiger partial charge on any atom is -0.369 e. The Kier molecular flexibility index (Phi) is 5.34. The first kappa shape index (κ1) is 12.5. The van der Waals surface area contributed by atoms with Gasteiger partial charge in [-0.1, -0.05) is 36.4 Å². The minimum absolute atomic E-state index is 0.0544. The van der Waals surface area contributed by atoms with E-state index in [1.807, 2.05) is 18.2 Å². The Morgan fingerprint density at radius 3 is 2.62 bits per heavy atom. The molecule has 1 atom stereocenters. The minimum atomic E-state index is -0.215. The van der Waals surface area contributed by atoms with Crippen LogP contribution in [0, 0.1) is 5.92 Å². The topological polar surface area (TPSA) is 43.1 Å². The van der Waals surface area contributed by atoms with Gasteiger partial charge in [0.2, 0.25) is 5.91 Å². The van der Waals surface area contributed by atoms with Crippen molar-refractivity contribution in [2.45, 2.75) is 25.7 Å². The van der Waals surface area contributed by atoms with Crippen molar-refractivity contribution in [1.29, 1.82) is 0 Å². The summed E-state index contributed by atoms with van der Waals surface area (Å²) in [5.41, 5.74) is 6.63. The van der Waals surface area contributed by atoms with Crippen LogP contribution in [-0.4, -0.2) is 5.91 Å². The van der Waals surface area contributed by atoms with E-state index < -0.39 is 0 Å². The summed E-state index contributed by atoms with van der Waals surface area (Å²) >= 11 is 0. The highest BCUT2D eigenvalue weighted by Gasteiger charge is 2.12. The number of benzene rings is 1. The fourth-order valence-corrected chi connectivity index (χ4v) is 1.77. The van der Waals surface area contributed by atoms with Gasteiger partial charge in [0.15, 0.2) is 0 Å². The molecule has 0 unspecified atom stereocenters. The maximum absolute atomic E-state index is 11.1. The number of rotatable bonds is 7. The van der Waals surface area contributed by atoms with Crippen LogP contribution in [0.4, 0.5) is 0 Å². The average molecular weight is 217 g/mol. The average Bonchev–Trinajstić information content (AvgIpc) is 2.29. The van der Waals surface area contributed by atoms with Crippen LogP contribution in [0.5, 0.6) is 0 Å². The van der Waals surface area contributed by atoms with Gasteiger partial charge in [-0.2, -0.15) is 0 Å². The van der Waals surface area contributed by atoms with E-state index >= 15 is 0 Å². The first-order valence-corrected chi connectivity index (χ1v) is 5.68. The molecule has 0 aromatic heterocycles. The lowest BCUT2D eigenvalue weighted by atomic mass is 9.96. The van der Waals surface area contributed by atoms with Gasteiger partial charge in [-0.25, -0.2) is 0 Å². The van der Waals surface area contributed by atoms with E-state index in [2.05, 4.69) is 18.7 Å². The lowest BCUT2D eigenvalue weighted by Gasteiger charge is -2.10. The van der Waals surface area contributed by atoms with Crippen LogP contribution < -0.4 is 5.73 Å². The highest BCUT2D eigenvalue weighted by atomic mass is 16.1. The molecule has 1 rings (SSSR count). The smallest absolute Gasteiger partial charge is 0.220 e. The Morgan fingerprint density at radius 1 is 1.38 bits per heavy atom. The van der Waals surface area contributed by atoms with E-state index in [-0.39, 0.29) is 11.8 Å². The van der Waals surface area contributed by atoms with E-state index in [1.54, 1.807) is 6.08 Å². The SMILES string of the molecule is C=CC[C@@H](CCCc1ccccc1)C(N)=O. The summed E-state index contributed by atoms with van der Waals surface area (Å²) in [4.78, 5) is 11.1. The van der Waals surface area contributed by atoms with Crippen molar-refractivity contribution in [3.8, 4) is 0 Å². The second-order valence-corrected chi connectivity index (χ2v) is 4.00. The molecule has 0 radical (unpaired) electrons. The molecule has 1 aromatic carbocycles. The maximum atomic E-state index is 11.1. The molecule has 1 aromatic rings. The molecule has 0 heterocycles. The number of primary amides is 1. The number of nitrogens with two attached hydrogens (primary N) is 1. The normalized spacial score (nSPS) is 12.0. The van der Waals surface area contributed by atoms with Gasteiger partial charge in [0.25, 0.3) is 0 Å². The fraction of sp³-hybridized carbons (Fsp3) is 0.357. The lowest BCUT2D eigenvalue weighted by Crippen LogP contribution is -2.22. The molecule has 0 saturated carbocycles. The summed E-state index contributed by atoms with van der Waals surface area (Å²) < 4.78 is 0. The van der Waals surface area contributed by atoms with Crippen LogP contribution >= 0.6 is 0 Å². The number of carbonyl (C=O) groups excluding carboxylic acids is 1. The van der Waals surface area contributed by atoms with Crippen LogP contribution in [0.1, 0.15) is 24.8 Å². The van der Waals surface area contributed by atoms with Crippen molar-refractivity contribution >= 4 is 5.91 Å². The molecule has 1 amide bonds. The Labute approximate surface area is 97.2 Å². The molecule has 16 heavy (non-hydrogen) atoms. The van der Waals surface area contributed by atoms with E-state index in [0.29, 0.717) is 6.42 Å². The first-order chi connectivity index (χ1) is 7.74. The summed E-state index contributed by atoms with van der Waals surface area (Å²) in [6.07, 6.45) is 5.28. The van der Waals surface area contributed by atoms with E-state index in [1.165, 1.54) is 5.56 Å². The number of carbonyl (C=O) groups is 1. The Balaban J connectivity index is 2.33.